The predicted octanol–water partition coefficient (Wildman–Crippen LogP) is 2.19. The van der Waals surface area contributed by atoms with Crippen LogP contribution >= 0.6 is 0 Å². The molecule has 0 saturated heterocycles. The fourth-order valence-electron chi connectivity index (χ4n) is 2.14. The van der Waals surface area contributed by atoms with Crippen molar-refractivity contribution in [1.29, 1.82) is 0 Å². The summed E-state index contributed by atoms with van der Waals surface area (Å²) in [5.74, 6) is 0.515. The Morgan fingerprint density at radius 1 is 1.29 bits per heavy atom. The zero-order valence-electron chi connectivity index (χ0n) is 13.2. The fourth-order valence-corrected chi connectivity index (χ4v) is 2.14. The summed E-state index contributed by atoms with van der Waals surface area (Å²) in [7, 11) is 3.26. The molecule has 0 aliphatic heterocycles. The van der Waals surface area contributed by atoms with Gasteiger partial charge in [0.2, 0.25) is 11.7 Å². The van der Waals surface area contributed by atoms with Gasteiger partial charge in [-0.3, -0.25) is 4.90 Å². The molecule has 1 aromatic heterocycles. The van der Waals surface area contributed by atoms with Crippen LogP contribution in [0.2, 0.25) is 0 Å². The van der Waals surface area contributed by atoms with Gasteiger partial charge in [-0.25, -0.2) is 0 Å². The first-order valence-electron chi connectivity index (χ1n) is 7.15. The zero-order chi connectivity index (χ0) is 17.7. The van der Waals surface area contributed by atoms with Crippen LogP contribution in [0.5, 0.6) is 0 Å². The van der Waals surface area contributed by atoms with Crippen LogP contribution in [-0.2, 0) is 17.5 Å². The molecule has 9 heteroatoms. The van der Waals surface area contributed by atoms with Crippen molar-refractivity contribution in [3.05, 3.63) is 35.7 Å². The fraction of sp³-hybridized carbons (Fsp3) is 0.467. The van der Waals surface area contributed by atoms with E-state index in [0.717, 1.165) is 12.1 Å². The van der Waals surface area contributed by atoms with Gasteiger partial charge in [-0.2, -0.15) is 18.2 Å². The van der Waals surface area contributed by atoms with Gasteiger partial charge in [0.05, 0.1) is 24.8 Å². The van der Waals surface area contributed by atoms with Gasteiger partial charge in [-0.15, -0.1) is 0 Å². The second-order valence-corrected chi connectivity index (χ2v) is 5.39. The number of aliphatic hydroxyl groups excluding tert-OH is 1. The molecule has 2 rings (SSSR count). The molecule has 0 spiro atoms. The Balaban J connectivity index is 2.00. The summed E-state index contributed by atoms with van der Waals surface area (Å²) in [6, 6.07) is 4.53. The summed E-state index contributed by atoms with van der Waals surface area (Å²) < 4.78 is 47.6. The summed E-state index contributed by atoms with van der Waals surface area (Å²) in [6.07, 6.45) is -5.02. The quantitative estimate of drug-likeness (QED) is 0.829. The number of aromatic nitrogens is 2. The number of hydrogen-bond donors (Lipinski definition) is 1. The van der Waals surface area contributed by atoms with Crippen LogP contribution in [0.1, 0.15) is 11.5 Å². The average molecular weight is 345 g/mol. The van der Waals surface area contributed by atoms with Crippen molar-refractivity contribution in [2.45, 2.75) is 18.8 Å². The lowest BCUT2D eigenvalue weighted by Gasteiger charge is -2.17. The topological polar surface area (TPSA) is 71.6 Å². The first kappa shape index (κ1) is 18.4. The standard InChI is InChI=1S/C15H18F3N3O3/c1-21(7-12(22)9-23-2)8-13-19-14(20-24-13)10-3-5-11(6-4-10)15(16,17)18/h3-6,12,22H,7-9H2,1-2H3. The van der Waals surface area contributed by atoms with Gasteiger partial charge in [-0.1, -0.05) is 17.3 Å². The molecular formula is C15H18F3N3O3. The smallest absolute Gasteiger partial charge is 0.389 e. The molecule has 0 saturated carbocycles. The predicted molar refractivity (Wildman–Crippen MR) is 79.0 cm³/mol. The minimum atomic E-state index is -4.38. The van der Waals surface area contributed by atoms with E-state index in [1.54, 1.807) is 11.9 Å². The molecule has 1 heterocycles. The lowest BCUT2D eigenvalue weighted by atomic mass is 10.1. The number of rotatable bonds is 7. The van der Waals surface area contributed by atoms with Crippen LogP contribution in [-0.4, -0.2) is 53.6 Å². The summed E-state index contributed by atoms with van der Waals surface area (Å²) in [6.45, 7) is 0.866. The highest BCUT2D eigenvalue weighted by molar-refractivity contribution is 5.54. The number of hydrogen-bond acceptors (Lipinski definition) is 6. The van der Waals surface area contributed by atoms with E-state index in [0.29, 0.717) is 24.5 Å². The van der Waals surface area contributed by atoms with Crippen molar-refractivity contribution < 1.29 is 27.5 Å². The Labute approximate surface area is 136 Å². The third kappa shape index (κ3) is 5.02. The molecule has 0 radical (unpaired) electrons. The van der Waals surface area contributed by atoms with Crippen molar-refractivity contribution in [3.63, 3.8) is 0 Å². The summed E-state index contributed by atoms with van der Waals surface area (Å²) >= 11 is 0. The molecule has 24 heavy (non-hydrogen) atoms. The minimum Gasteiger partial charge on any atom is -0.389 e. The number of likely N-dealkylation sites (N-methyl/N-ethyl adjacent to an activating group) is 1. The molecule has 132 valence electrons. The Morgan fingerprint density at radius 2 is 1.96 bits per heavy atom. The lowest BCUT2D eigenvalue weighted by molar-refractivity contribution is -0.137. The highest BCUT2D eigenvalue weighted by Crippen LogP contribution is 2.30. The largest absolute Gasteiger partial charge is 0.416 e. The van der Waals surface area contributed by atoms with E-state index in [2.05, 4.69) is 10.1 Å². The maximum atomic E-state index is 12.5. The van der Waals surface area contributed by atoms with E-state index in [1.165, 1.54) is 19.2 Å². The van der Waals surface area contributed by atoms with E-state index >= 15 is 0 Å². The monoisotopic (exact) mass is 345 g/mol. The molecule has 1 aromatic carbocycles. The summed E-state index contributed by atoms with van der Waals surface area (Å²) in [5.41, 5.74) is -0.304. The van der Waals surface area contributed by atoms with E-state index in [4.69, 9.17) is 9.26 Å². The molecule has 2 aromatic rings. The second kappa shape index (κ2) is 7.73. The summed E-state index contributed by atoms with van der Waals surface area (Å²) in [5, 5.41) is 13.4. The van der Waals surface area contributed by atoms with Crippen LogP contribution < -0.4 is 0 Å². The number of methoxy groups -OCH3 is 1. The van der Waals surface area contributed by atoms with Gasteiger partial charge in [0.25, 0.3) is 0 Å². The number of nitrogens with zero attached hydrogens (tertiary/aromatic N) is 3. The normalized spacial score (nSPS) is 13.5. The minimum absolute atomic E-state index is 0.213. The number of alkyl halides is 3. The van der Waals surface area contributed by atoms with Crippen LogP contribution in [0.15, 0.2) is 28.8 Å². The van der Waals surface area contributed by atoms with Crippen LogP contribution in [0.25, 0.3) is 11.4 Å². The first-order valence-corrected chi connectivity index (χ1v) is 7.15. The molecule has 1 unspecified atom stereocenters. The molecule has 1 atom stereocenters. The Morgan fingerprint density at radius 3 is 2.54 bits per heavy atom. The molecular weight excluding hydrogens is 327 g/mol. The molecule has 6 nitrogen and oxygen atoms in total. The Hall–Kier alpha value is -1.97. The molecule has 0 fully saturated rings. The zero-order valence-corrected chi connectivity index (χ0v) is 13.2. The van der Waals surface area contributed by atoms with Gasteiger partial charge in [0.1, 0.15) is 0 Å². The van der Waals surface area contributed by atoms with Crippen molar-refractivity contribution >= 4 is 0 Å². The van der Waals surface area contributed by atoms with Crippen LogP contribution in [0.4, 0.5) is 13.2 Å². The highest BCUT2D eigenvalue weighted by Gasteiger charge is 2.30. The number of halogens is 3. The van der Waals surface area contributed by atoms with E-state index < -0.39 is 17.8 Å². The second-order valence-electron chi connectivity index (χ2n) is 5.39. The molecule has 0 aliphatic carbocycles. The Bertz CT molecular complexity index is 643. The van der Waals surface area contributed by atoms with Gasteiger partial charge in [0, 0.05) is 19.2 Å². The number of benzene rings is 1. The highest BCUT2D eigenvalue weighted by atomic mass is 19.4. The van der Waals surface area contributed by atoms with E-state index in [-0.39, 0.29) is 12.4 Å². The van der Waals surface area contributed by atoms with Crippen molar-refractivity contribution in [2.24, 2.45) is 0 Å². The van der Waals surface area contributed by atoms with Gasteiger partial charge >= 0.3 is 6.18 Å². The maximum Gasteiger partial charge on any atom is 0.416 e. The molecule has 0 amide bonds. The first-order chi connectivity index (χ1) is 11.3. The van der Waals surface area contributed by atoms with Crippen molar-refractivity contribution in [2.75, 3.05) is 27.3 Å². The summed E-state index contributed by atoms with van der Waals surface area (Å²) in [4.78, 5) is 5.92. The van der Waals surface area contributed by atoms with Crippen LogP contribution in [0.3, 0.4) is 0 Å². The third-order valence-corrected chi connectivity index (χ3v) is 3.23. The van der Waals surface area contributed by atoms with Gasteiger partial charge in [0.15, 0.2) is 0 Å². The molecule has 1 N–H and O–H groups in total. The average Bonchev–Trinajstić information content (AvgIpc) is 2.95. The van der Waals surface area contributed by atoms with Gasteiger partial charge < -0.3 is 14.4 Å². The van der Waals surface area contributed by atoms with E-state index in [9.17, 15) is 18.3 Å². The molecule has 0 aliphatic rings. The lowest BCUT2D eigenvalue weighted by Crippen LogP contribution is -2.31. The van der Waals surface area contributed by atoms with Gasteiger partial charge in [-0.05, 0) is 19.2 Å². The number of aliphatic hydroxyl groups is 1. The van der Waals surface area contributed by atoms with Crippen molar-refractivity contribution in [3.8, 4) is 11.4 Å². The Kier molecular flexibility index (Phi) is 5.92. The SMILES string of the molecule is COCC(O)CN(C)Cc1nc(-c2ccc(C(F)(F)F)cc2)no1. The number of ether oxygens (including phenoxy) is 1. The molecule has 0 bridgehead atoms. The van der Waals surface area contributed by atoms with Crippen LogP contribution in [0, 0.1) is 0 Å². The maximum absolute atomic E-state index is 12.5. The van der Waals surface area contributed by atoms with Crippen molar-refractivity contribution in [1.82, 2.24) is 15.0 Å². The van der Waals surface area contributed by atoms with E-state index in [1.807, 2.05) is 0 Å². The third-order valence-electron chi connectivity index (χ3n) is 3.23.